The lowest BCUT2D eigenvalue weighted by atomic mass is 10.1. The molecule has 0 fully saturated rings. The quantitative estimate of drug-likeness (QED) is 0.388. The first kappa shape index (κ1) is 18.1. The molecule has 0 saturated heterocycles. The van der Waals surface area contributed by atoms with Crippen LogP contribution in [0.15, 0.2) is 46.0 Å². The molecule has 0 atom stereocenters. The molecule has 3 aromatic rings. The monoisotopic (exact) mass is 394 g/mol. The van der Waals surface area contributed by atoms with Crippen LogP contribution in [-0.2, 0) is 0 Å². The summed E-state index contributed by atoms with van der Waals surface area (Å²) in [5, 5.41) is 9.78. The largest absolute Gasteiger partial charge is 0.491 e. The van der Waals surface area contributed by atoms with Crippen LogP contribution in [-0.4, -0.2) is 22.6 Å². The first-order chi connectivity index (χ1) is 12.0. The van der Waals surface area contributed by atoms with Crippen molar-refractivity contribution in [1.29, 1.82) is 0 Å². The molecular formula is C18H16Cl2N2O2S. The van der Waals surface area contributed by atoms with E-state index in [1.54, 1.807) is 18.2 Å². The van der Waals surface area contributed by atoms with Gasteiger partial charge in [0.2, 0.25) is 5.89 Å². The molecule has 0 aliphatic heterocycles. The highest BCUT2D eigenvalue weighted by atomic mass is 35.5. The zero-order valence-electron chi connectivity index (χ0n) is 13.8. The van der Waals surface area contributed by atoms with Crippen molar-refractivity contribution in [2.45, 2.75) is 19.1 Å². The Balaban J connectivity index is 1.55. The number of nitrogens with zero attached hydrogens (tertiary/aromatic N) is 2. The number of ether oxygens (including phenoxy) is 1. The minimum atomic E-state index is 0.466. The molecular weight excluding hydrogens is 379 g/mol. The summed E-state index contributed by atoms with van der Waals surface area (Å²) in [5.41, 5.74) is 3.26. The SMILES string of the molecule is Cc1cc(C)cc(-c2nnc(SCCOc3ccc(Cl)cc3Cl)o2)c1. The fraction of sp³-hybridized carbons (Fsp3) is 0.222. The van der Waals surface area contributed by atoms with E-state index in [4.69, 9.17) is 32.4 Å². The van der Waals surface area contributed by atoms with E-state index in [2.05, 4.69) is 16.3 Å². The third kappa shape index (κ3) is 4.91. The van der Waals surface area contributed by atoms with Crippen LogP contribution < -0.4 is 4.74 Å². The van der Waals surface area contributed by atoms with Crippen LogP contribution >= 0.6 is 35.0 Å². The summed E-state index contributed by atoms with van der Waals surface area (Å²) in [6.07, 6.45) is 0. The zero-order valence-corrected chi connectivity index (χ0v) is 16.1. The van der Waals surface area contributed by atoms with E-state index in [9.17, 15) is 0 Å². The molecule has 4 nitrogen and oxygen atoms in total. The van der Waals surface area contributed by atoms with Crippen molar-refractivity contribution in [3.8, 4) is 17.2 Å². The van der Waals surface area contributed by atoms with Crippen LogP contribution in [0.2, 0.25) is 10.0 Å². The van der Waals surface area contributed by atoms with Crippen LogP contribution in [0.4, 0.5) is 0 Å². The van der Waals surface area contributed by atoms with E-state index in [-0.39, 0.29) is 0 Å². The molecule has 0 radical (unpaired) electrons. The van der Waals surface area contributed by atoms with Gasteiger partial charge in [0.05, 0.1) is 11.6 Å². The molecule has 7 heteroatoms. The lowest BCUT2D eigenvalue weighted by Gasteiger charge is -2.06. The average molecular weight is 395 g/mol. The van der Waals surface area contributed by atoms with Gasteiger partial charge in [0.25, 0.3) is 5.22 Å². The van der Waals surface area contributed by atoms with Crippen LogP contribution in [0, 0.1) is 13.8 Å². The second kappa shape index (κ2) is 8.13. The minimum absolute atomic E-state index is 0.466. The van der Waals surface area contributed by atoms with E-state index >= 15 is 0 Å². The molecule has 0 bridgehead atoms. The molecule has 0 N–H and O–H groups in total. The first-order valence-electron chi connectivity index (χ1n) is 7.64. The molecule has 0 aliphatic carbocycles. The number of aromatic nitrogens is 2. The summed E-state index contributed by atoms with van der Waals surface area (Å²) in [6.45, 7) is 4.55. The Hall–Kier alpha value is -1.69. The van der Waals surface area contributed by atoms with E-state index in [1.807, 2.05) is 26.0 Å². The van der Waals surface area contributed by atoms with Crippen molar-refractivity contribution in [2.75, 3.05) is 12.4 Å². The molecule has 0 aliphatic rings. The molecule has 1 heterocycles. The Morgan fingerprint density at radius 1 is 1.04 bits per heavy atom. The topological polar surface area (TPSA) is 48.2 Å². The van der Waals surface area contributed by atoms with Crippen molar-refractivity contribution < 1.29 is 9.15 Å². The van der Waals surface area contributed by atoms with Gasteiger partial charge in [-0.1, -0.05) is 52.2 Å². The molecule has 130 valence electrons. The van der Waals surface area contributed by atoms with E-state index in [0.717, 1.165) is 16.7 Å². The Morgan fingerprint density at radius 3 is 2.52 bits per heavy atom. The van der Waals surface area contributed by atoms with Crippen molar-refractivity contribution in [2.24, 2.45) is 0 Å². The molecule has 0 spiro atoms. The number of hydrogen-bond donors (Lipinski definition) is 0. The van der Waals surface area contributed by atoms with Gasteiger partial charge in [0.1, 0.15) is 5.75 Å². The Labute approximate surface area is 160 Å². The lowest BCUT2D eigenvalue weighted by Crippen LogP contribution is -2.00. The Kier molecular flexibility index (Phi) is 5.89. The van der Waals surface area contributed by atoms with Crippen molar-refractivity contribution in [3.63, 3.8) is 0 Å². The van der Waals surface area contributed by atoms with Crippen LogP contribution in [0.3, 0.4) is 0 Å². The minimum Gasteiger partial charge on any atom is -0.491 e. The van der Waals surface area contributed by atoms with Gasteiger partial charge in [0, 0.05) is 16.3 Å². The summed E-state index contributed by atoms with van der Waals surface area (Å²) in [4.78, 5) is 0. The number of aryl methyl sites for hydroxylation is 2. The highest BCUT2D eigenvalue weighted by Crippen LogP contribution is 2.28. The fourth-order valence-corrected chi connectivity index (χ4v) is 3.40. The predicted molar refractivity (Wildman–Crippen MR) is 102 cm³/mol. The maximum absolute atomic E-state index is 6.06. The third-order valence-corrected chi connectivity index (χ3v) is 4.65. The number of benzene rings is 2. The molecule has 0 amide bonds. The van der Waals surface area contributed by atoms with Gasteiger partial charge in [-0.2, -0.15) is 0 Å². The highest BCUT2D eigenvalue weighted by molar-refractivity contribution is 7.99. The molecule has 0 unspecified atom stereocenters. The number of halogens is 2. The molecule has 2 aromatic carbocycles. The normalized spacial score (nSPS) is 10.9. The van der Waals surface area contributed by atoms with Gasteiger partial charge in [-0.15, -0.1) is 10.2 Å². The maximum Gasteiger partial charge on any atom is 0.276 e. The standard InChI is InChI=1S/C18H16Cl2N2O2S/c1-11-7-12(2)9-13(8-11)17-21-22-18(24-17)25-6-5-23-16-4-3-14(19)10-15(16)20/h3-4,7-10H,5-6H2,1-2H3. The number of rotatable bonds is 6. The Morgan fingerprint density at radius 2 is 1.80 bits per heavy atom. The highest BCUT2D eigenvalue weighted by Gasteiger charge is 2.10. The second-order valence-corrected chi connectivity index (χ2v) is 7.41. The van der Waals surface area contributed by atoms with Gasteiger partial charge in [-0.3, -0.25) is 0 Å². The molecule has 1 aromatic heterocycles. The maximum atomic E-state index is 6.06. The fourth-order valence-electron chi connectivity index (χ4n) is 2.36. The summed E-state index contributed by atoms with van der Waals surface area (Å²) in [6, 6.07) is 11.3. The smallest absolute Gasteiger partial charge is 0.276 e. The first-order valence-corrected chi connectivity index (χ1v) is 9.38. The van der Waals surface area contributed by atoms with Gasteiger partial charge < -0.3 is 9.15 Å². The summed E-state index contributed by atoms with van der Waals surface area (Å²) in [7, 11) is 0. The van der Waals surface area contributed by atoms with Gasteiger partial charge in [0.15, 0.2) is 0 Å². The van der Waals surface area contributed by atoms with Crippen LogP contribution in [0.25, 0.3) is 11.5 Å². The van der Waals surface area contributed by atoms with Gasteiger partial charge in [-0.05, 0) is 44.2 Å². The van der Waals surface area contributed by atoms with Crippen molar-refractivity contribution in [1.82, 2.24) is 10.2 Å². The van der Waals surface area contributed by atoms with E-state index in [1.165, 1.54) is 11.8 Å². The van der Waals surface area contributed by atoms with Crippen LogP contribution in [0.1, 0.15) is 11.1 Å². The lowest BCUT2D eigenvalue weighted by molar-refractivity contribution is 0.343. The molecule has 0 saturated carbocycles. The van der Waals surface area contributed by atoms with Crippen molar-refractivity contribution in [3.05, 3.63) is 57.6 Å². The Bertz CT molecular complexity index is 863. The predicted octanol–water partition coefficient (Wildman–Crippen LogP) is 5.83. The molecule has 25 heavy (non-hydrogen) atoms. The summed E-state index contributed by atoms with van der Waals surface area (Å²) >= 11 is 13.4. The molecule has 3 rings (SSSR count). The number of hydrogen-bond acceptors (Lipinski definition) is 5. The van der Waals surface area contributed by atoms with E-state index in [0.29, 0.717) is 39.3 Å². The summed E-state index contributed by atoms with van der Waals surface area (Å²) < 4.78 is 11.3. The third-order valence-electron chi connectivity index (χ3n) is 3.34. The van der Waals surface area contributed by atoms with Gasteiger partial charge >= 0.3 is 0 Å². The van der Waals surface area contributed by atoms with Gasteiger partial charge in [-0.25, -0.2) is 0 Å². The van der Waals surface area contributed by atoms with E-state index < -0.39 is 0 Å². The van der Waals surface area contributed by atoms with Crippen molar-refractivity contribution >= 4 is 35.0 Å². The summed E-state index contributed by atoms with van der Waals surface area (Å²) in [5.74, 6) is 1.79. The average Bonchev–Trinajstić information content (AvgIpc) is 3.01. The number of thioether (sulfide) groups is 1. The zero-order chi connectivity index (χ0) is 17.8. The van der Waals surface area contributed by atoms with Crippen LogP contribution in [0.5, 0.6) is 5.75 Å². The second-order valence-electron chi connectivity index (χ2n) is 5.52.